The van der Waals surface area contributed by atoms with Crippen LogP contribution < -0.4 is 5.32 Å². The summed E-state index contributed by atoms with van der Waals surface area (Å²) in [5.74, 6) is -1.23. The minimum Gasteiger partial charge on any atom is -0.445 e. The number of alkyl carbamates (subject to hydrolysis) is 1. The Bertz CT molecular complexity index is 1030. The molecule has 2 fully saturated rings. The van der Waals surface area contributed by atoms with Crippen LogP contribution in [0.25, 0.3) is 0 Å². The average molecular weight is 450 g/mol. The average Bonchev–Trinajstić information content (AvgIpc) is 3.33. The third-order valence-electron chi connectivity index (χ3n) is 6.08. The van der Waals surface area contributed by atoms with Gasteiger partial charge in [-0.1, -0.05) is 60.7 Å². The number of carbonyl (C=O) groups is 4. The highest BCUT2D eigenvalue weighted by atomic mass is 16.5. The largest absolute Gasteiger partial charge is 0.445 e. The molecular weight excluding hydrogens is 422 g/mol. The molecule has 33 heavy (non-hydrogen) atoms. The van der Waals surface area contributed by atoms with Crippen LogP contribution in [0, 0.1) is 0 Å². The van der Waals surface area contributed by atoms with Crippen molar-refractivity contribution in [3.05, 3.63) is 71.8 Å². The number of imide groups is 1. The minimum absolute atomic E-state index is 0.0579. The Kier molecular flexibility index (Phi) is 6.72. The first-order chi connectivity index (χ1) is 16.0. The molecule has 2 heterocycles. The number of carbonyl (C=O) groups excluding carboxylic acids is 4. The van der Waals surface area contributed by atoms with Gasteiger partial charge in [-0.05, 0) is 30.9 Å². The minimum atomic E-state index is -1.03. The molecule has 2 aromatic rings. The maximum atomic E-state index is 13.3. The van der Waals surface area contributed by atoms with Crippen molar-refractivity contribution in [2.24, 2.45) is 0 Å². The molecule has 2 saturated heterocycles. The summed E-state index contributed by atoms with van der Waals surface area (Å²) in [5.41, 5.74) is 1.66. The van der Waals surface area contributed by atoms with Crippen LogP contribution >= 0.6 is 0 Å². The van der Waals surface area contributed by atoms with Gasteiger partial charge in [-0.2, -0.15) is 0 Å². The molecule has 0 aromatic heterocycles. The maximum Gasteiger partial charge on any atom is 0.408 e. The van der Waals surface area contributed by atoms with Crippen LogP contribution in [0.2, 0.25) is 0 Å². The van der Waals surface area contributed by atoms with Crippen molar-refractivity contribution < 1.29 is 23.9 Å². The molecule has 0 saturated carbocycles. The first kappa shape index (κ1) is 22.5. The van der Waals surface area contributed by atoms with Crippen molar-refractivity contribution in [2.45, 2.75) is 50.9 Å². The second-order valence-corrected chi connectivity index (χ2v) is 8.37. The van der Waals surface area contributed by atoms with E-state index in [-0.39, 0.29) is 24.8 Å². The molecule has 0 bridgehead atoms. The number of fused-ring (bicyclic) bond motifs is 1. The van der Waals surface area contributed by atoms with Crippen molar-refractivity contribution in [1.82, 2.24) is 15.1 Å². The Morgan fingerprint density at radius 1 is 1.00 bits per heavy atom. The molecule has 0 radical (unpaired) electrons. The van der Waals surface area contributed by atoms with Crippen molar-refractivity contribution in [3.8, 4) is 0 Å². The third kappa shape index (κ3) is 4.89. The monoisotopic (exact) mass is 449 g/mol. The van der Waals surface area contributed by atoms with E-state index < -0.39 is 30.1 Å². The van der Waals surface area contributed by atoms with Gasteiger partial charge in [0.15, 0.2) is 0 Å². The SMILES string of the molecule is C[C@H](NC(=O)OCc1ccccc1)C(=O)N1C(=O)[C@@H]2CCCN2C(=O)[C@@H]1Cc1ccccc1. The van der Waals surface area contributed by atoms with Gasteiger partial charge in [0, 0.05) is 13.0 Å². The predicted molar refractivity (Wildman–Crippen MR) is 120 cm³/mol. The summed E-state index contributed by atoms with van der Waals surface area (Å²) in [4.78, 5) is 54.7. The number of nitrogens with one attached hydrogen (secondary N) is 1. The van der Waals surface area contributed by atoms with E-state index in [1.807, 2.05) is 60.7 Å². The van der Waals surface area contributed by atoms with Gasteiger partial charge in [0.05, 0.1) is 0 Å². The Morgan fingerprint density at radius 2 is 1.64 bits per heavy atom. The molecule has 8 nitrogen and oxygen atoms in total. The van der Waals surface area contributed by atoms with Gasteiger partial charge in [0.25, 0.3) is 11.8 Å². The lowest BCUT2D eigenvalue weighted by molar-refractivity contribution is -0.166. The fraction of sp³-hybridized carbons (Fsp3) is 0.360. The molecule has 0 spiro atoms. The Labute approximate surface area is 192 Å². The van der Waals surface area contributed by atoms with Crippen LogP contribution in [0.15, 0.2) is 60.7 Å². The predicted octanol–water partition coefficient (Wildman–Crippen LogP) is 2.27. The van der Waals surface area contributed by atoms with E-state index in [1.54, 1.807) is 4.90 Å². The quantitative estimate of drug-likeness (QED) is 0.730. The highest BCUT2D eigenvalue weighted by molar-refractivity contribution is 6.08. The lowest BCUT2D eigenvalue weighted by Crippen LogP contribution is -2.67. The highest BCUT2D eigenvalue weighted by Gasteiger charge is 2.50. The van der Waals surface area contributed by atoms with Gasteiger partial charge in [0.1, 0.15) is 24.7 Å². The van der Waals surface area contributed by atoms with Gasteiger partial charge in [0.2, 0.25) is 5.91 Å². The lowest BCUT2D eigenvalue weighted by atomic mass is 9.97. The van der Waals surface area contributed by atoms with Crippen LogP contribution in [-0.4, -0.2) is 58.3 Å². The summed E-state index contributed by atoms with van der Waals surface area (Å²) < 4.78 is 5.20. The molecule has 8 heteroatoms. The maximum absolute atomic E-state index is 13.3. The fourth-order valence-corrected chi connectivity index (χ4v) is 4.39. The Hall–Kier alpha value is -3.68. The van der Waals surface area contributed by atoms with Crippen molar-refractivity contribution in [1.29, 1.82) is 0 Å². The van der Waals surface area contributed by atoms with E-state index in [1.165, 1.54) is 6.92 Å². The molecule has 1 N–H and O–H groups in total. The summed E-state index contributed by atoms with van der Waals surface area (Å²) in [6, 6.07) is 15.9. The smallest absolute Gasteiger partial charge is 0.408 e. The molecule has 2 aliphatic heterocycles. The topological polar surface area (TPSA) is 96.0 Å². The van der Waals surface area contributed by atoms with E-state index >= 15 is 0 Å². The highest BCUT2D eigenvalue weighted by Crippen LogP contribution is 2.29. The molecule has 4 amide bonds. The Morgan fingerprint density at radius 3 is 2.30 bits per heavy atom. The summed E-state index contributed by atoms with van der Waals surface area (Å²) in [6.07, 6.45) is 0.721. The zero-order valence-corrected chi connectivity index (χ0v) is 18.5. The number of nitrogens with zero attached hydrogens (tertiary/aromatic N) is 2. The number of piperazine rings is 1. The zero-order valence-electron chi connectivity index (χ0n) is 18.5. The number of hydrogen-bond donors (Lipinski definition) is 1. The molecule has 2 aliphatic rings. The second kappa shape index (κ2) is 9.85. The van der Waals surface area contributed by atoms with Crippen molar-refractivity contribution in [3.63, 3.8) is 0 Å². The number of benzene rings is 2. The number of amides is 4. The van der Waals surface area contributed by atoms with Gasteiger partial charge in [-0.15, -0.1) is 0 Å². The van der Waals surface area contributed by atoms with Crippen LogP contribution in [0.5, 0.6) is 0 Å². The van der Waals surface area contributed by atoms with Crippen molar-refractivity contribution in [2.75, 3.05) is 6.54 Å². The number of hydrogen-bond acceptors (Lipinski definition) is 5. The molecule has 172 valence electrons. The van der Waals surface area contributed by atoms with E-state index in [0.29, 0.717) is 13.0 Å². The lowest BCUT2D eigenvalue weighted by Gasteiger charge is -2.42. The van der Waals surface area contributed by atoms with E-state index in [2.05, 4.69) is 5.32 Å². The molecule has 0 unspecified atom stereocenters. The normalized spacial score (nSPS) is 20.9. The summed E-state index contributed by atoms with van der Waals surface area (Å²) >= 11 is 0. The van der Waals surface area contributed by atoms with Gasteiger partial charge in [-0.3, -0.25) is 19.3 Å². The number of ether oxygens (including phenoxy) is 1. The first-order valence-electron chi connectivity index (χ1n) is 11.1. The van der Waals surface area contributed by atoms with Crippen LogP contribution in [0.4, 0.5) is 4.79 Å². The summed E-state index contributed by atoms with van der Waals surface area (Å²) in [6.45, 7) is 2.06. The van der Waals surface area contributed by atoms with Crippen molar-refractivity contribution >= 4 is 23.8 Å². The van der Waals surface area contributed by atoms with E-state index in [0.717, 1.165) is 22.4 Å². The first-order valence-corrected chi connectivity index (χ1v) is 11.1. The van der Waals surface area contributed by atoms with Gasteiger partial charge in [-0.25, -0.2) is 4.79 Å². The van der Waals surface area contributed by atoms with Crippen LogP contribution in [0.1, 0.15) is 30.9 Å². The molecule has 4 rings (SSSR count). The standard InChI is InChI=1S/C25H27N3O5/c1-17(26-25(32)33-16-19-11-6-3-7-12-19)22(29)28-21(15-18-9-4-2-5-10-18)23(30)27-14-8-13-20(27)24(28)31/h2-7,9-12,17,20-21H,8,13-16H2,1H3,(H,26,32)/t17-,20-,21-/m0/s1. The van der Waals surface area contributed by atoms with E-state index in [9.17, 15) is 19.2 Å². The third-order valence-corrected chi connectivity index (χ3v) is 6.08. The second-order valence-electron chi connectivity index (χ2n) is 8.37. The van der Waals surface area contributed by atoms with E-state index in [4.69, 9.17) is 4.74 Å². The van der Waals surface area contributed by atoms with Crippen LogP contribution in [0.3, 0.4) is 0 Å². The molecule has 3 atom stereocenters. The van der Waals surface area contributed by atoms with Gasteiger partial charge < -0.3 is 15.0 Å². The fourth-order valence-electron chi connectivity index (χ4n) is 4.39. The summed E-state index contributed by atoms with van der Waals surface area (Å²) in [7, 11) is 0. The zero-order chi connectivity index (χ0) is 23.4. The Balaban J connectivity index is 1.47. The summed E-state index contributed by atoms with van der Waals surface area (Å²) in [5, 5.41) is 2.50. The molecule has 2 aromatic carbocycles. The molecule has 0 aliphatic carbocycles. The molecular formula is C25H27N3O5. The van der Waals surface area contributed by atoms with Crippen LogP contribution in [-0.2, 0) is 32.1 Å². The number of rotatable bonds is 6. The van der Waals surface area contributed by atoms with Gasteiger partial charge >= 0.3 is 6.09 Å².